The van der Waals surface area contributed by atoms with Crippen LogP contribution in [0.4, 0.5) is 0 Å². The molecule has 0 fully saturated rings. The molecule has 0 spiro atoms. The summed E-state index contributed by atoms with van der Waals surface area (Å²) in [6.45, 7) is 5.87. The Bertz CT molecular complexity index is 539. The molecule has 4 nitrogen and oxygen atoms in total. The van der Waals surface area contributed by atoms with E-state index in [0.29, 0.717) is 11.9 Å². The SMILES string of the molecule is CC(C)CCN=C(N)NCCc1cc2ccccc2o1. The number of nitrogens with two attached hydrogens (primary N) is 1. The molecule has 108 valence electrons. The molecule has 0 aliphatic carbocycles. The second-order valence-electron chi connectivity index (χ2n) is 5.38. The van der Waals surface area contributed by atoms with Gasteiger partial charge in [-0.15, -0.1) is 0 Å². The maximum Gasteiger partial charge on any atom is 0.188 e. The fourth-order valence-corrected chi connectivity index (χ4v) is 1.97. The lowest BCUT2D eigenvalue weighted by atomic mass is 10.1. The van der Waals surface area contributed by atoms with E-state index in [2.05, 4.69) is 36.3 Å². The van der Waals surface area contributed by atoms with Gasteiger partial charge in [-0.25, -0.2) is 0 Å². The van der Waals surface area contributed by atoms with Crippen molar-refractivity contribution in [2.75, 3.05) is 13.1 Å². The molecule has 4 heteroatoms. The third-order valence-electron chi connectivity index (χ3n) is 3.14. The smallest absolute Gasteiger partial charge is 0.188 e. The topological polar surface area (TPSA) is 63.5 Å². The first-order valence-corrected chi connectivity index (χ1v) is 7.16. The molecule has 20 heavy (non-hydrogen) atoms. The minimum absolute atomic E-state index is 0.516. The van der Waals surface area contributed by atoms with Crippen LogP contribution >= 0.6 is 0 Å². The highest BCUT2D eigenvalue weighted by Gasteiger charge is 2.02. The molecule has 1 heterocycles. The van der Waals surface area contributed by atoms with Gasteiger partial charge in [0.05, 0.1) is 0 Å². The van der Waals surface area contributed by atoms with E-state index in [-0.39, 0.29) is 0 Å². The fraction of sp³-hybridized carbons (Fsp3) is 0.438. The first kappa shape index (κ1) is 14.4. The maximum absolute atomic E-state index is 5.81. The summed E-state index contributed by atoms with van der Waals surface area (Å²) in [6.07, 6.45) is 1.86. The van der Waals surface area contributed by atoms with E-state index in [4.69, 9.17) is 10.2 Å². The molecule has 0 aliphatic rings. The predicted molar refractivity (Wildman–Crippen MR) is 83.9 cm³/mol. The Kier molecular flexibility index (Phi) is 5.04. The summed E-state index contributed by atoms with van der Waals surface area (Å²) in [4.78, 5) is 4.29. The summed E-state index contributed by atoms with van der Waals surface area (Å²) in [5.74, 6) is 2.14. The molecule has 0 atom stereocenters. The zero-order valence-corrected chi connectivity index (χ0v) is 12.2. The molecule has 0 radical (unpaired) electrons. The number of furan rings is 1. The van der Waals surface area contributed by atoms with E-state index in [1.54, 1.807) is 0 Å². The number of benzene rings is 1. The van der Waals surface area contributed by atoms with Gasteiger partial charge in [-0.3, -0.25) is 4.99 Å². The van der Waals surface area contributed by atoms with Crippen LogP contribution in [0.3, 0.4) is 0 Å². The van der Waals surface area contributed by atoms with E-state index in [9.17, 15) is 0 Å². The van der Waals surface area contributed by atoms with Crippen LogP contribution in [-0.4, -0.2) is 19.0 Å². The third kappa shape index (κ3) is 4.30. The van der Waals surface area contributed by atoms with E-state index < -0.39 is 0 Å². The van der Waals surface area contributed by atoms with Crippen molar-refractivity contribution in [1.82, 2.24) is 5.32 Å². The molecule has 0 unspecified atom stereocenters. The number of aliphatic imine (C=N–C) groups is 1. The van der Waals surface area contributed by atoms with E-state index >= 15 is 0 Å². The number of fused-ring (bicyclic) bond motifs is 1. The highest BCUT2D eigenvalue weighted by atomic mass is 16.3. The minimum atomic E-state index is 0.516. The summed E-state index contributed by atoms with van der Waals surface area (Å²) in [7, 11) is 0. The van der Waals surface area contributed by atoms with Crippen molar-refractivity contribution in [2.24, 2.45) is 16.6 Å². The van der Waals surface area contributed by atoms with Crippen molar-refractivity contribution in [3.63, 3.8) is 0 Å². The Balaban J connectivity index is 1.77. The number of nitrogens with zero attached hydrogens (tertiary/aromatic N) is 1. The van der Waals surface area contributed by atoms with Gasteiger partial charge in [0.2, 0.25) is 0 Å². The zero-order valence-electron chi connectivity index (χ0n) is 12.2. The molecule has 0 aliphatic heterocycles. The predicted octanol–water partition coefficient (Wildman–Crippen LogP) is 2.93. The van der Waals surface area contributed by atoms with Crippen molar-refractivity contribution in [1.29, 1.82) is 0 Å². The average molecular weight is 273 g/mol. The van der Waals surface area contributed by atoms with Gasteiger partial charge in [0.25, 0.3) is 0 Å². The molecule has 3 N–H and O–H groups in total. The third-order valence-corrected chi connectivity index (χ3v) is 3.14. The molecular formula is C16H23N3O. The van der Waals surface area contributed by atoms with Gasteiger partial charge in [0.15, 0.2) is 5.96 Å². The summed E-state index contributed by atoms with van der Waals surface area (Å²) < 4.78 is 5.74. The quantitative estimate of drug-likeness (QED) is 0.628. The van der Waals surface area contributed by atoms with Crippen molar-refractivity contribution in [3.8, 4) is 0 Å². The van der Waals surface area contributed by atoms with Crippen LogP contribution in [0, 0.1) is 5.92 Å². The molecule has 1 aromatic heterocycles. The fourth-order valence-electron chi connectivity index (χ4n) is 1.97. The van der Waals surface area contributed by atoms with Crippen molar-refractivity contribution < 1.29 is 4.42 Å². The molecule has 0 saturated heterocycles. The van der Waals surface area contributed by atoms with Crippen LogP contribution in [0.25, 0.3) is 11.0 Å². The standard InChI is InChI=1S/C16H23N3O/c1-12(2)7-9-18-16(17)19-10-8-14-11-13-5-3-4-6-15(13)20-14/h3-6,11-12H,7-10H2,1-2H3,(H3,17,18,19). The second kappa shape index (κ2) is 6.98. The van der Waals surface area contributed by atoms with Gasteiger partial charge < -0.3 is 15.5 Å². The van der Waals surface area contributed by atoms with Gasteiger partial charge in [-0.2, -0.15) is 0 Å². The zero-order chi connectivity index (χ0) is 14.4. The van der Waals surface area contributed by atoms with Crippen LogP contribution in [0.5, 0.6) is 0 Å². The molecule has 2 aromatic rings. The van der Waals surface area contributed by atoms with Crippen LogP contribution < -0.4 is 11.1 Å². The molecule has 0 saturated carbocycles. The lowest BCUT2D eigenvalue weighted by Gasteiger charge is -2.05. The molecule has 0 amide bonds. The summed E-state index contributed by atoms with van der Waals surface area (Å²) in [5.41, 5.74) is 6.74. The summed E-state index contributed by atoms with van der Waals surface area (Å²) >= 11 is 0. The Morgan fingerprint density at radius 3 is 2.90 bits per heavy atom. The molecule has 1 aromatic carbocycles. The van der Waals surface area contributed by atoms with Gasteiger partial charge in [-0.1, -0.05) is 32.0 Å². The molecular weight excluding hydrogens is 250 g/mol. The minimum Gasteiger partial charge on any atom is -0.461 e. The number of rotatable bonds is 6. The molecule has 0 bridgehead atoms. The maximum atomic E-state index is 5.81. The number of nitrogens with one attached hydrogen (secondary N) is 1. The average Bonchev–Trinajstić information content (AvgIpc) is 2.80. The highest BCUT2D eigenvalue weighted by Crippen LogP contribution is 2.18. The van der Waals surface area contributed by atoms with Crippen LogP contribution in [0.1, 0.15) is 26.0 Å². The first-order chi connectivity index (χ1) is 9.65. The lowest BCUT2D eigenvalue weighted by molar-refractivity contribution is 0.545. The largest absolute Gasteiger partial charge is 0.461 e. The Morgan fingerprint density at radius 2 is 2.15 bits per heavy atom. The van der Waals surface area contributed by atoms with E-state index in [0.717, 1.165) is 42.7 Å². The highest BCUT2D eigenvalue weighted by molar-refractivity contribution is 5.78. The summed E-state index contributed by atoms with van der Waals surface area (Å²) in [5, 5.41) is 4.26. The van der Waals surface area contributed by atoms with Gasteiger partial charge in [0, 0.05) is 24.9 Å². The van der Waals surface area contributed by atoms with Crippen molar-refractivity contribution in [2.45, 2.75) is 26.7 Å². The van der Waals surface area contributed by atoms with Crippen molar-refractivity contribution >= 4 is 16.9 Å². The van der Waals surface area contributed by atoms with Crippen LogP contribution in [-0.2, 0) is 6.42 Å². The van der Waals surface area contributed by atoms with Crippen molar-refractivity contribution in [3.05, 3.63) is 36.1 Å². The Labute approximate surface area is 120 Å². The van der Waals surface area contributed by atoms with Gasteiger partial charge in [-0.05, 0) is 24.5 Å². The normalized spacial score (nSPS) is 12.2. The number of guanidine groups is 1. The second-order valence-corrected chi connectivity index (χ2v) is 5.38. The van der Waals surface area contributed by atoms with Crippen LogP contribution in [0.15, 0.2) is 39.7 Å². The Morgan fingerprint density at radius 1 is 1.35 bits per heavy atom. The Hall–Kier alpha value is -1.97. The first-order valence-electron chi connectivity index (χ1n) is 7.16. The molecule has 2 rings (SSSR count). The lowest BCUT2D eigenvalue weighted by Crippen LogP contribution is -2.33. The number of para-hydroxylation sites is 1. The van der Waals surface area contributed by atoms with Gasteiger partial charge >= 0.3 is 0 Å². The number of hydrogen-bond donors (Lipinski definition) is 2. The van der Waals surface area contributed by atoms with Crippen LogP contribution in [0.2, 0.25) is 0 Å². The van der Waals surface area contributed by atoms with E-state index in [1.165, 1.54) is 0 Å². The number of hydrogen-bond acceptors (Lipinski definition) is 2. The monoisotopic (exact) mass is 273 g/mol. The van der Waals surface area contributed by atoms with E-state index in [1.807, 2.05) is 18.2 Å². The summed E-state index contributed by atoms with van der Waals surface area (Å²) in [6, 6.07) is 10.1. The van der Waals surface area contributed by atoms with Gasteiger partial charge in [0.1, 0.15) is 11.3 Å².